The number of nitrogens with one attached hydrogen (secondary N) is 1. The number of thiazole rings is 1. The smallest absolute Gasteiger partial charge is 0.231 e. The maximum atomic E-state index is 13.2. The van der Waals surface area contributed by atoms with Gasteiger partial charge in [0, 0.05) is 36.5 Å². The molecule has 2 heterocycles. The summed E-state index contributed by atoms with van der Waals surface area (Å²) in [6.45, 7) is 0.511. The molecule has 25 heavy (non-hydrogen) atoms. The molecule has 1 saturated heterocycles. The van der Waals surface area contributed by atoms with Gasteiger partial charge in [-0.25, -0.2) is 9.37 Å². The zero-order valence-corrected chi connectivity index (χ0v) is 14.4. The van der Waals surface area contributed by atoms with Crippen molar-refractivity contribution in [1.29, 1.82) is 0 Å². The third kappa shape index (κ3) is 3.71. The van der Waals surface area contributed by atoms with Crippen LogP contribution in [0.3, 0.4) is 0 Å². The molecule has 7 heteroatoms. The van der Waals surface area contributed by atoms with E-state index in [-0.39, 0.29) is 30.0 Å². The molecule has 2 amide bonds. The van der Waals surface area contributed by atoms with E-state index in [1.807, 2.05) is 11.0 Å². The number of nitrogens with zero attached hydrogens (tertiary/aromatic N) is 2. The molecule has 1 atom stereocenters. The van der Waals surface area contributed by atoms with Gasteiger partial charge < -0.3 is 10.2 Å². The number of benzene rings is 1. The van der Waals surface area contributed by atoms with E-state index in [9.17, 15) is 14.0 Å². The number of amides is 2. The summed E-state index contributed by atoms with van der Waals surface area (Å²) >= 11 is 1.38. The maximum absolute atomic E-state index is 13.2. The van der Waals surface area contributed by atoms with Gasteiger partial charge in [-0.15, -0.1) is 11.3 Å². The van der Waals surface area contributed by atoms with E-state index in [4.69, 9.17) is 0 Å². The zero-order chi connectivity index (χ0) is 17.4. The number of hydrogen-bond donors (Lipinski definition) is 1. The third-order valence-corrected chi connectivity index (χ3v) is 5.48. The Hall–Kier alpha value is -2.28. The molecule has 5 nitrogen and oxygen atoms in total. The second kappa shape index (κ2) is 6.55. The number of carbonyl (C=O) groups excluding carboxylic acids is 2. The Kier molecular flexibility index (Phi) is 4.25. The first kappa shape index (κ1) is 16.2. The van der Waals surface area contributed by atoms with Crippen LogP contribution in [0.25, 0.3) is 0 Å². The van der Waals surface area contributed by atoms with Gasteiger partial charge in [-0.3, -0.25) is 9.59 Å². The van der Waals surface area contributed by atoms with Gasteiger partial charge in [0.2, 0.25) is 11.8 Å². The fraction of sp³-hybridized carbons (Fsp3) is 0.389. The third-order valence-electron chi connectivity index (χ3n) is 4.57. The van der Waals surface area contributed by atoms with Gasteiger partial charge in [-0.1, -0.05) is 12.1 Å². The van der Waals surface area contributed by atoms with Gasteiger partial charge in [-0.2, -0.15) is 0 Å². The summed E-state index contributed by atoms with van der Waals surface area (Å²) < 4.78 is 13.2. The van der Waals surface area contributed by atoms with E-state index in [0.29, 0.717) is 24.1 Å². The number of likely N-dealkylation sites (tertiary alicyclic amines) is 1. The van der Waals surface area contributed by atoms with E-state index >= 15 is 0 Å². The number of carbonyl (C=O) groups is 2. The highest BCUT2D eigenvalue weighted by atomic mass is 32.1. The Balaban J connectivity index is 1.36. The lowest BCUT2D eigenvalue weighted by atomic mass is 10.1. The molecule has 4 rings (SSSR count). The number of rotatable bonds is 5. The average Bonchev–Trinajstić information content (AvgIpc) is 3.21. The van der Waals surface area contributed by atoms with Crippen LogP contribution >= 0.6 is 11.3 Å². The predicted molar refractivity (Wildman–Crippen MR) is 92.8 cm³/mol. The lowest BCUT2D eigenvalue weighted by molar-refractivity contribution is -0.128. The van der Waals surface area contributed by atoms with E-state index in [0.717, 1.165) is 23.3 Å². The van der Waals surface area contributed by atoms with Crippen molar-refractivity contribution in [3.05, 3.63) is 46.7 Å². The molecule has 1 N–H and O–H groups in total. The molecule has 1 saturated carbocycles. The molecule has 1 unspecified atom stereocenters. The fourth-order valence-electron chi connectivity index (χ4n) is 3.15. The Morgan fingerprint density at radius 1 is 1.40 bits per heavy atom. The number of anilines is 1. The van der Waals surface area contributed by atoms with Crippen LogP contribution in [0.4, 0.5) is 9.52 Å². The van der Waals surface area contributed by atoms with Gasteiger partial charge >= 0.3 is 0 Å². The number of aromatic nitrogens is 1. The van der Waals surface area contributed by atoms with Crippen molar-refractivity contribution in [2.75, 3.05) is 11.9 Å². The summed E-state index contributed by atoms with van der Waals surface area (Å²) in [4.78, 5) is 31.4. The molecule has 0 spiro atoms. The molecule has 0 radical (unpaired) electrons. The highest BCUT2D eigenvalue weighted by molar-refractivity contribution is 7.15. The van der Waals surface area contributed by atoms with E-state index in [1.54, 1.807) is 12.3 Å². The maximum Gasteiger partial charge on any atom is 0.231 e. The minimum atomic E-state index is -0.302. The summed E-state index contributed by atoms with van der Waals surface area (Å²) in [5, 5.41) is 3.34. The first-order valence-corrected chi connectivity index (χ1v) is 9.19. The van der Waals surface area contributed by atoms with Crippen molar-refractivity contribution >= 4 is 28.3 Å². The van der Waals surface area contributed by atoms with Gasteiger partial charge in [0.15, 0.2) is 5.13 Å². The van der Waals surface area contributed by atoms with Crippen LogP contribution in [0.5, 0.6) is 0 Å². The lowest BCUT2D eigenvalue weighted by Gasteiger charge is -2.14. The van der Waals surface area contributed by atoms with Crippen molar-refractivity contribution in [2.45, 2.75) is 31.7 Å². The molecular weight excluding hydrogens is 341 g/mol. The second-order valence-electron chi connectivity index (χ2n) is 6.61. The van der Waals surface area contributed by atoms with Crippen molar-refractivity contribution in [1.82, 2.24) is 9.88 Å². The van der Waals surface area contributed by atoms with Crippen LogP contribution < -0.4 is 5.32 Å². The lowest BCUT2D eigenvalue weighted by Crippen LogP contribution is -2.29. The van der Waals surface area contributed by atoms with Crippen LogP contribution in [0.15, 0.2) is 30.5 Å². The minimum absolute atomic E-state index is 0.0774. The first-order valence-electron chi connectivity index (χ1n) is 8.38. The monoisotopic (exact) mass is 359 g/mol. The normalized spacial score (nSPS) is 20.1. The summed E-state index contributed by atoms with van der Waals surface area (Å²) in [5.41, 5.74) is 0.864. The SMILES string of the molecule is O=C(Nc1ncc(Cc2cccc(F)c2)s1)C1CC(=O)N(C2CC2)C1. The highest BCUT2D eigenvalue weighted by Gasteiger charge is 2.41. The van der Waals surface area contributed by atoms with Crippen LogP contribution in [0.2, 0.25) is 0 Å². The number of hydrogen-bond acceptors (Lipinski definition) is 4. The zero-order valence-electron chi connectivity index (χ0n) is 13.6. The van der Waals surface area contributed by atoms with Crippen LogP contribution in [0, 0.1) is 11.7 Å². The Morgan fingerprint density at radius 3 is 3.00 bits per heavy atom. The minimum Gasteiger partial charge on any atom is -0.339 e. The van der Waals surface area contributed by atoms with Crippen molar-refractivity contribution in [3.8, 4) is 0 Å². The quantitative estimate of drug-likeness (QED) is 0.893. The van der Waals surface area contributed by atoms with Crippen LogP contribution in [0.1, 0.15) is 29.7 Å². The fourth-order valence-corrected chi connectivity index (χ4v) is 4.00. The predicted octanol–water partition coefficient (Wildman–Crippen LogP) is 2.82. The average molecular weight is 359 g/mol. The standard InChI is InChI=1S/C18H18FN3O2S/c19-13-3-1-2-11(6-13)7-15-9-20-18(25-15)21-17(24)12-8-16(23)22(10-12)14-4-5-14/h1-3,6,9,12,14H,4-5,7-8,10H2,(H,20,21,24). The Labute approximate surface area is 148 Å². The highest BCUT2D eigenvalue weighted by Crippen LogP contribution is 2.33. The molecule has 1 aromatic carbocycles. The van der Waals surface area contributed by atoms with E-state index in [1.165, 1.54) is 23.5 Å². The molecule has 1 aromatic heterocycles. The van der Waals surface area contributed by atoms with E-state index < -0.39 is 0 Å². The van der Waals surface area contributed by atoms with Gasteiger partial charge in [-0.05, 0) is 30.5 Å². The molecule has 2 aromatic rings. The molecular formula is C18H18FN3O2S. The van der Waals surface area contributed by atoms with Crippen LogP contribution in [-0.2, 0) is 16.0 Å². The second-order valence-corrected chi connectivity index (χ2v) is 7.72. The molecule has 1 aliphatic carbocycles. The molecule has 130 valence electrons. The Morgan fingerprint density at radius 2 is 2.24 bits per heavy atom. The van der Waals surface area contributed by atoms with Crippen LogP contribution in [-0.4, -0.2) is 34.3 Å². The van der Waals surface area contributed by atoms with Gasteiger partial charge in [0.1, 0.15) is 5.82 Å². The van der Waals surface area contributed by atoms with Gasteiger partial charge in [0.05, 0.1) is 5.92 Å². The van der Waals surface area contributed by atoms with E-state index in [2.05, 4.69) is 10.3 Å². The van der Waals surface area contributed by atoms with Crippen molar-refractivity contribution in [2.24, 2.45) is 5.92 Å². The Bertz CT molecular complexity index is 818. The van der Waals surface area contributed by atoms with Gasteiger partial charge in [0.25, 0.3) is 0 Å². The molecule has 2 fully saturated rings. The summed E-state index contributed by atoms with van der Waals surface area (Å²) in [7, 11) is 0. The largest absolute Gasteiger partial charge is 0.339 e. The topological polar surface area (TPSA) is 62.3 Å². The summed E-state index contributed by atoms with van der Waals surface area (Å²) in [6.07, 6.45) is 4.65. The first-order chi connectivity index (χ1) is 12.1. The summed E-state index contributed by atoms with van der Waals surface area (Å²) in [5.74, 6) is -0.637. The molecule has 1 aliphatic heterocycles. The number of halogens is 1. The molecule has 2 aliphatic rings. The summed E-state index contributed by atoms with van der Waals surface area (Å²) in [6, 6.07) is 6.79. The van der Waals surface area contributed by atoms with Crippen molar-refractivity contribution < 1.29 is 14.0 Å². The molecule has 0 bridgehead atoms. The van der Waals surface area contributed by atoms with Crippen molar-refractivity contribution in [3.63, 3.8) is 0 Å².